The van der Waals surface area contributed by atoms with Gasteiger partial charge in [0.2, 0.25) is 5.91 Å². The van der Waals surface area contributed by atoms with Gasteiger partial charge in [-0.15, -0.1) is 0 Å². The van der Waals surface area contributed by atoms with Gasteiger partial charge < -0.3 is 10.2 Å². The van der Waals surface area contributed by atoms with Gasteiger partial charge in [-0.3, -0.25) is 4.79 Å². The van der Waals surface area contributed by atoms with Crippen LogP contribution in [0.15, 0.2) is 42.5 Å². The molecule has 7 heteroatoms. The Morgan fingerprint density at radius 2 is 2.00 bits per heavy atom. The second-order valence-corrected chi connectivity index (χ2v) is 6.40. The number of carbonyl (C=O) groups is 1. The topological polar surface area (TPSA) is 32.3 Å². The number of anilines is 2. The van der Waals surface area contributed by atoms with Crippen LogP contribution in [0.1, 0.15) is 18.1 Å². The van der Waals surface area contributed by atoms with Gasteiger partial charge in [0, 0.05) is 11.7 Å². The standard InChI is InChI=1S/C18H16ClF3N2O/c1-11-8-12-4-2-3-5-16(12)24(11)17(25)10-23-15-9-13(18(20,21)22)6-7-14(15)19/h2-7,9,11,23H,8,10H2,1H3. The molecule has 3 rings (SSSR count). The number of para-hydroxylation sites is 1. The number of nitrogens with one attached hydrogen (secondary N) is 1. The van der Waals surface area contributed by atoms with Crippen LogP contribution in [0.2, 0.25) is 5.02 Å². The summed E-state index contributed by atoms with van der Waals surface area (Å²) in [4.78, 5) is 14.3. The fourth-order valence-electron chi connectivity index (χ4n) is 3.04. The van der Waals surface area contributed by atoms with E-state index in [4.69, 9.17) is 11.6 Å². The molecular formula is C18H16ClF3N2O. The number of halogens is 4. The van der Waals surface area contributed by atoms with Gasteiger partial charge in [-0.1, -0.05) is 29.8 Å². The fourth-order valence-corrected chi connectivity index (χ4v) is 3.22. The predicted octanol–water partition coefficient (Wildman–Crippen LogP) is 4.75. The first-order chi connectivity index (χ1) is 11.8. The summed E-state index contributed by atoms with van der Waals surface area (Å²) in [6.07, 6.45) is -3.71. The predicted molar refractivity (Wildman–Crippen MR) is 92.0 cm³/mol. The van der Waals surface area contributed by atoms with E-state index < -0.39 is 11.7 Å². The van der Waals surface area contributed by atoms with Crippen molar-refractivity contribution in [2.45, 2.75) is 25.6 Å². The Labute approximate surface area is 148 Å². The average Bonchev–Trinajstić information content (AvgIpc) is 2.88. The number of amides is 1. The fraction of sp³-hybridized carbons (Fsp3) is 0.278. The second kappa shape index (κ2) is 6.59. The molecule has 1 amide bonds. The van der Waals surface area contributed by atoms with Crippen molar-refractivity contribution in [2.24, 2.45) is 0 Å². The first-order valence-electron chi connectivity index (χ1n) is 7.78. The Morgan fingerprint density at radius 1 is 1.28 bits per heavy atom. The number of rotatable bonds is 3. The molecule has 1 N–H and O–H groups in total. The second-order valence-electron chi connectivity index (χ2n) is 5.99. The van der Waals surface area contributed by atoms with Crippen LogP contribution in [0.3, 0.4) is 0 Å². The average molecular weight is 369 g/mol. The molecule has 0 aliphatic carbocycles. The van der Waals surface area contributed by atoms with Crippen LogP contribution in [0.25, 0.3) is 0 Å². The van der Waals surface area contributed by atoms with Crippen LogP contribution in [0.5, 0.6) is 0 Å². The van der Waals surface area contributed by atoms with Crippen molar-refractivity contribution >= 4 is 28.9 Å². The largest absolute Gasteiger partial charge is 0.416 e. The van der Waals surface area contributed by atoms with E-state index in [0.29, 0.717) is 0 Å². The number of hydrogen-bond acceptors (Lipinski definition) is 2. The van der Waals surface area contributed by atoms with Crippen molar-refractivity contribution in [3.63, 3.8) is 0 Å². The number of carbonyl (C=O) groups excluding carboxylic acids is 1. The summed E-state index contributed by atoms with van der Waals surface area (Å²) in [7, 11) is 0. The Morgan fingerprint density at radius 3 is 2.72 bits per heavy atom. The molecule has 25 heavy (non-hydrogen) atoms. The molecule has 2 aromatic rings. The van der Waals surface area contributed by atoms with Gasteiger partial charge >= 0.3 is 6.18 Å². The third kappa shape index (κ3) is 3.58. The summed E-state index contributed by atoms with van der Waals surface area (Å²) in [5, 5.41) is 2.87. The van der Waals surface area contributed by atoms with E-state index in [2.05, 4.69) is 5.32 Å². The van der Waals surface area contributed by atoms with E-state index in [9.17, 15) is 18.0 Å². The summed E-state index contributed by atoms with van der Waals surface area (Å²) in [5.41, 5.74) is 1.20. The number of nitrogens with zero attached hydrogens (tertiary/aromatic N) is 1. The van der Waals surface area contributed by atoms with Crippen LogP contribution in [0, 0.1) is 0 Å². The van der Waals surface area contributed by atoms with Gasteiger partial charge in [0.1, 0.15) is 0 Å². The Balaban J connectivity index is 1.75. The first-order valence-corrected chi connectivity index (χ1v) is 8.16. The molecule has 0 fully saturated rings. The normalized spacial score (nSPS) is 16.7. The van der Waals surface area contributed by atoms with Crippen LogP contribution < -0.4 is 10.2 Å². The number of hydrogen-bond donors (Lipinski definition) is 1. The maximum atomic E-state index is 12.8. The number of benzene rings is 2. The lowest BCUT2D eigenvalue weighted by molar-refractivity contribution is -0.137. The molecule has 0 bridgehead atoms. The third-order valence-electron chi connectivity index (χ3n) is 4.20. The van der Waals surface area contributed by atoms with Crippen molar-refractivity contribution in [3.05, 3.63) is 58.6 Å². The lowest BCUT2D eigenvalue weighted by Gasteiger charge is -2.23. The van der Waals surface area contributed by atoms with E-state index in [-0.39, 0.29) is 29.2 Å². The summed E-state index contributed by atoms with van der Waals surface area (Å²) in [5.74, 6) is -0.217. The highest BCUT2D eigenvalue weighted by Gasteiger charge is 2.32. The highest BCUT2D eigenvalue weighted by molar-refractivity contribution is 6.33. The molecule has 0 radical (unpaired) electrons. The molecule has 3 nitrogen and oxygen atoms in total. The highest BCUT2D eigenvalue weighted by atomic mass is 35.5. The zero-order valence-electron chi connectivity index (χ0n) is 13.4. The minimum absolute atomic E-state index is 0.00341. The molecule has 0 saturated heterocycles. The van der Waals surface area contributed by atoms with E-state index >= 15 is 0 Å². The van der Waals surface area contributed by atoms with Gasteiger partial charge in [0.25, 0.3) is 0 Å². The summed E-state index contributed by atoms with van der Waals surface area (Å²) in [6, 6.07) is 10.6. The molecule has 0 saturated carbocycles. The molecule has 0 aromatic heterocycles. The minimum atomic E-state index is -4.46. The molecule has 2 aromatic carbocycles. The zero-order valence-corrected chi connectivity index (χ0v) is 14.2. The van der Waals surface area contributed by atoms with Crippen molar-refractivity contribution in [1.29, 1.82) is 0 Å². The quantitative estimate of drug-likeness (QED) is 0.848. The van der Waals surface area contributed by atoms with Crippen molar-refractivity contribution in [3.8, 4) is 0 Å². The van der Waals surface area contributed by atoms with E-state index in [1.807, 2.05) is 31.2 Å². The van der Waals surface area contributed by atoms with E-state index in [1.54, 1.807) is 4.90 Å². The zero-order chi connectivity index (χ0) is 18.2. The molecule has 1 unspecified atom stereocenters. The number of alkyl halides is 3. The van der Waals surface area contributed by atoms with Crippen molar-refractivity contribution in [1.82, 2.24) is 0 Å². The summed E-state index contributed by atoms with van der Waals surface area (Å²) < 4.78 is 38.4. The monoisotopic (exact) mass is 368 g/mol. The minimum Gasteiger partial charge on any atom is -0.375 e. The highest BCUT2D eigenvalue weighted by Crippen LogP contribution is 2.34. The van der Waals surface area contributed by atoms with Crippen LogP contribution in [-0.2, 0) is 17.4 Å². The van der Waals surface area contributed by atoms with E-state index in [1.165, 1.54) is 6.07 Å². The molecule has 1 heterocycles. The van der Waals surface area contributed by atoms with Crippen molar-refractivity contribution in [2.75, 3.05) is 16.8 Å². The summed E-state index contributed by atoms with van der Waals surface area (Å²) >= 11 is 5.94. The smallest absolute Gasteiger partial charge is 0.375 e. The maximum Gasteiger partial charge on any atom is 0.416 e. The Kier molecular flexibility index (Phi) is 4.64. The summed E-state index contributed by atoms with van der Waals surface area (Å²) in [6.45, 7) is 1.80. The molecule has 1 aliphatic rings. The van der Waals surface area contributed by atoms with Gasteiger partial charge in [0.15, 0.2) is 0 Å². The van der Waals surface area contributed by atoms with Crippen LogP contribution in [-0.4, -0.2) is 18.5 Å². The Hall–Kier alpha value is -2.21. The van der Waals surface area contributed by atoms with Crippen LogP contribution in [0.4, 0.5) is 24.5 Å². The molecule has 1 atom stereocenters. The maximum absolute atomic E-state index is 12.8. The molecular weight excluding hydrogens is 353 g/mol. The van der Waals surface area contributed by atoms with Gasteiger partial charge in [-0.25, -0.2) is 0 Å². The van der Waals surface area contributed by atoms with Crippen molar-refractivity contribution < 1.29 is 18.0 Å². The number of fused-ring (bicyclic) bond motifs is 1. The lowest BCUT2D eigenvalue weighted by Crippen LogP contribution is -2.39. The lowest BCUT2D eigenvalue weighted by atomic mass is 10.1. The Bertz CT molecular complexity index is 807. The third-order valence-corrected chi connectivity index (χ3v) is 4.53. The van der Waals surface area contributed by atoms with Gasteiger partial charge in [0.05, 0.1) is 22.8 Å². The first kappa shape index (κ1) is 17.6. The molecule has 0 spiro atoms. The van der Waals surface area contributed by atoms with Gasteiger partial charge in [-0.2, -0.15) is 13.2 Å². The SMILES string of the molecule is CC1Cc2ccccc2N1C(=O)CNc1cc(C(F)(F)F)ccc1Cl. The van der Waals surface area contributed by atoms with Gasteiger partial charge in [-0.05, 0) is 43.2 Å². The molecule has 132 valence electrons. The van der Waals surface area contributed by atoms with E-state index in [0.717, 1.165) is 29.8 Å². The molecule has 1 aliphatic heterocycles. The van der Waals surface area contributed by atoms with Crippen LogP contribution >= 0.6 is 11.6 Å².